The molecule has 0 bridgehead atoms. The molecule has 0 N–H and O–H groups in total. The summed E-state index contributed by atoms with van der Waals surface area (Å²) in [6.45, 7) is 16.6. The normalized spacial score (nSPS) is 12.4. The van der Waals surface area contributed by atoms with Gasteiger partial charge in [0.1, 0.15) is 0 Å². The van der Waals surface area contributed by atoms with E-state index in [1.807, 2.05) is 0 Å². The second kappa shape index (κ2) is 20.5. The number of hydrogen-bond acceptors (Lipinski definition) is 4. The van der Waals surface area contributed by atoms with Crippen molar-refractivity contribution in [2.75, 3.05) is 26.4 Å². The van der Waals surface area contributed by atoms with Crippen LogP contribution in [0.1, 0.15) is 119 Å². The van der Waals surface area contributed by atoms with Crippen LogP contribution in [-0.4, -0.2) is 43.5 Å². The molecule has 36 heavy (non-hydrogen) atoms. The Bertz CT molecular complexity index is 563. The summed E-state index contributed by atoms with van der Waals surface area (Å²) in [6, 6.07) is 11.2. The van der Waals surface area contributed by atoms with Crippen molar-refractivity contribution in [1.82, 2.24) is 0 Å². The highest BCUT2D eigenvalue weighted by molar-refractivity contribution is 6.82. The topological polar surface area (TPSA) is 36.9 Å². The first kappa shape index (κ1) is 33.5. The Morgan fingerprint density at radius 3 is 0.889 bits per heavy atom. The van der Waals surface area contributed by atoms with Gasteiger partial charge in [0.15, 0.2) is 0 Å². The van der Waals surface area contributed by atoms with Crippen molar-refractivity contribution in [1.29, 1.82) is 0 Å². The zero-order chi connectivity index (χ0) is 26.5. The highest BCUT2D eigenvalue weighted by Crippen LogP contribution is 2.22. The van der Waals surface area contributed by atoms with E-state index >= 15 is 0 Å². The van der Waals surface area contributed by atoms with Gasteiger partial charge in [0, 0.05) is 26.4 Å². The highest BCUT2D eigenvalue weighted by atomic mass is 28.4. The van der Waals surface area contributed by atoms with Gasteiger partial charge < -0.3 is 17.7 Å². The van der Waals surface area contributed by atoms with Crippen LogP contribution in [0.5, 0.6) is 0 Å². The van der Waals surface area contributed by atoms with Gasteiger partial charge in [-0.15, -0.1) is 0 Å². The fourth-order valence-electron chi connectivity index (χ4n) is 4.32. The van der Waals surface area contributed by atoms with E-state index in [1.165, 1.54) is 10.4 Å². The van der Waals surface area contributed by atoms with Crippen molar-refractivity contribution in [3.8, 4) is 0 Å². The maximum atomic E-state index is 6.72. The Morgan fingerprint density at radius 2 is 0.667 bits per heavy atom. The zero-order valence-corrected chi connectivity index (χ0v) is 26.7. The van der Waals surface area contributed by atoms with Crippen molar-refractivity contribution in [3.05, 3.63) is 24.3 Å². The smallest absolute Gasteiger partial charge is 0.372 e. The number of unbranched alkanes of at least 4 members (excludes halogenated alkanes) is 6. The van der Waals surface area contributed by atoms with Crippen LogP contribution in [0.4, 0.5) is 0 Å². The number of benzene rings is 1. The molecule has 1 rings (SSSR count). The molecule has 0 radical (unpaired) electrons. The molecule has 0 aliphatic heterocycles. The average Bonchev–Trinajstić information content (AvgIpc) is 2.90. The largest absolute Gasteiger partial charge is 0.391 e. The van der Waals surface area contributed by atoms with E-state index in [0.29, 0.717) is 0 Å². The molecule has 210 valence electrons. The molecule has 0 spiro atoms. The molecule has 0 saturated heterocycles. The third-order valence-electron chi connectivity index (χ3n) is 6.82. The van der Waals surface area contributed by atoms with Crippen molar-refractivity contribution in [3.63, 3.8) is 0 Å². The summed E-state index contributed by atoms with van der Waals surface area (Å²) in [5.74, 6) is 0. The van der Waals surface area contributed by atoms with Crippen LogP contribution >= 0.6 is 0 Å². The van der Waals surface area contributed by atoms with Crippen LogP contribution < -0.4 is 10.4 Å². The molecule has 0 heterocycles. The number of rotatable bonds is 24. The fraction of sp³-hybridized carbons (Fsp3) is 0.800. The van der Waals surface area contributed by atoms with Gasteiger partial charge in [-0.25, -0.2) is 0 Å². The van der Waals surface area contributed by atoms with Gasteiger partial charge in [-0.05, 0) is 48.1 Å². The predicted molar refractivity (Wildman–Crippen MR) is 160 cm³/mol. The van der Waals surface area contributed by atoms with Gasteiger partial charge in [-0.2, -0.15) is 0 Å². The molecule has 0 atom stereocenters. The standard InChI is InChI=1S/C30H58O4Si2/c1-7-13-23-31-35(27-17-11-5,32-24-14-8-2)29-19-21-30(22-20-29)36(28-18-12-6,33-25-15-9-3)34-26-16-10-4/h19-22H,7-18,23-28H2,1-6H3. The molecule has 0 aliphatic rings. The lowest BCUT2D eigenvalue weighted by atomic mass is 10.4. The molecule has 6 heteroatoms. The summed E-state index contributed by atoms with van der Waals surface area (Å²) < 4.78 is 26.9. The van der Waals surface area contributed by atoms with E-state index in [0.717, 1.165) is 116 Å². The van der Waals surface area contributed by atoms with E-state index in [1.54, 1.807) is 0 Å². The van der Waals surface area contributed by atoms with Crippen molar-refractivity contribution in [2.45, 2.75) is 131 Å². The van der Waals surface area contributed by atoms with Gasteiger partial charge in [0.05, 0.1) is 0 Å². The Balaban J connectivity index is 3.36. The van der Waals surface area contributed by atoms with Crippen LogP contribution in [0.3, 0.4) is 0 Å². The quantitative estimate of drug-likeness (QED) is 0.0992. The Labute approximate surface area is 226 Å². The Kier molecular flexibility index (Phi) is 19.0. The molecule has 0 unspecified atom stereocenters. The van der Waals surface area contributed by atoms with Crippen LogP contribution in [0.15, 0.2) is 24.3 Å². The third kappa shape index (κ3) is 11.5. The van der Waals surface area contributed by atoms with E-state index in [2.05, 4.69) is 65.8 Å². The van der Waals surface area contributed by atoms with Crippen LogP contribution in [-0.2, 0) is 17.7 Å². The molecule has 0 fully saturated rings. The minimum Gasteiger partial charge on any atom is -0.391 e. The van der Waals surface area contributed by atoms with Crippen molar-refractivity contribution < 1.29 is 17.7 Å². The van der Waals surface area contributed by atoms with E-state index in [-0.39, 0.29) is 0 Å². The second-order valence-corrected chi connectivity index (χ2v) is 16.4. The minimum absolute atomic E-state index is 0.787. The lowest BCUT2D eigenvalue weighted by molar-refractivity contribution is 0.173. The van der Waals surface area contributed by atoms with Gasteiger partial charge in [-0.1, -0.05) is 117 Å². The summed E-state index contributed by atoms with van der Waals surface area (Å²) >= 11 is 0. The van der Waals surface area contributed by atoms with Gasteiger partial charge in [0.25, 0.3) is 0 Å². The molecule has 1 aromatic carbocycles. The maximum absolute atomic E-state index is 6.72. The SMILES string of the molecule is CCCCO[Si](CCCC)(OCCCC)c1ccc([Si](CCCC)(OCCCC)OCCCC)cc1. The zero-order valence-electron chi connectivity index (χ0n) is 24.7. The fourth-order valence-corrected chi connectivity index (χ4v) is 11.2. The van der Waals surface area contributed by atoms with Gasteiger partial charge in [-0.3, -0.25) is 0 Å². The maximum Gasteiger partial charge on any atom is 0.372 e. The second-order valence-electron chi connectivity index (χ2n) is 10.1. The van der Waals surface area contributed by atoms with Gasteiger partial charge in [0.2, 0.25) is 0 Å². The minimum atomic E-state index is -2.50. The van der Waals surface area contributed by atoms with Crippen LogP contribution in [0, 0.1) is 0 Å². The summed E-state index contributed by atoms with van der Waals surface area (Å²) in [5.41, 5.74) is 0. The Hall–Kier alpha value is -0.506. The molecule has 0 aromatic heterocycles. The molecule has 4 nitrogen and oxygen atoms in total. The van der Waals surface area contributed by atoms with Crippen LogP contribution in [0.25, 0.3) is 0 Å². The van der Waals surface area contributed by atoms with E-state index in [4.69, 9.17) is 17.7 Å². The first-order valence-electron chi connectivity index (χ1n) is 15.2. The van der Waals surface area contributed by atoms with Gasteiger partial charge >= 0.3 is 17.1 Å². The molecule has 0 saturated carbocycles. The lowest BCUT2D eigenvalue weighted by Crippen LogP contribution is -2.57. The van der Waals surface area contributed by atoms with Crippen LogP contribution in [0.2, 0.25) is 12.1 Å². The Morgan fingerprint density at radius 1 is 0.417 bits per heavy atom. The summed E-state index contributed by atoms with van der Waals surface area (Å²) in [7, 11) is -5.01. The molecular weight excluding hydrogens is 480 g/mol. The third-order valence-corrected chi connectivity index (χ3v) is 13.9. The monoisotopic (exact) mass is 538 g/mol. The molecule has 0 amide bonds. The van der Waals surface area contributed by atoms with Crippen molar-refractivity contribution in [2.24, 2.45) is 0 Å². The summed E-state index contributed by atoms with van der Waals surface area (Å²) in [4.78, 5) is 0. The lowest BCUT2D eigenvalue weighted by Gasteiger charge is -2.34. The van der Waals surface area contributed by atoms with E-state index < -0.39 is 17.1 Å². The average molecular weight is 539 g/mol. The number of hydrogen-bond donors (Lipinski definition) is 0. The molecule has 1 aromatic rings. The highest BCUT2D eigenvalue weighted by Gasteiger charge is 2.42. The molecule has 0 aliphatic carbocycles. The summed E-state index contributed by atoms with van der Waals surface area (Å²) in [5, 5.41) is 2.54. The first-order chi connectivity index (χ1) is 17.6. The first-order valence-corrected chi connectivity index (χ1v) is 19.3. The predicted octanol–water partition coefficient (Wildman–Crippen LogP) is 7.85. The summed E-state index contributed by atoms with van der Waals surface area (Å²) in [6.07, 6.45) is 13.5. The van der Waals surface area contributed by atoms with Crippen molar-refractivity contribution >= 4 is 27.5 Å². The van der Waals surface area contributed by atoms with E-state index in [9.17, 15) is 0 Å². The molecular formula is C30H58O4Si2.